The van der Waals surface area contributed by atoms with Crippen LogP contribution in [0.5, 0.6) is 5.75 Å². The summed E-state index contributed by atoms with van der Waals surface area (Å²) >= 11 is 0. The van der Waals surface area contributed by atoms with Gasteiger partial charge in [-0.25, -0.2) is 8.78 Å². The van der Waals surface area contributed by atoms with E-state index >= 15 is 0 Å². The number of halogens is 2. The molecule has 0 spiro atoms. The Morgan fingerprint density at radius 1 is 1.47 bits per heavy atom. The number of nitrogens with two attached hydrogens (primary N) is 1. The highest BCUT2D eigenvalue weighted by atomic mass is 19.1. The molecule has 0 radical (unpaired) electrons. The van der Waals surface area contributed by atoms with E-state index in [0.717, 1.165) is 12.1 Å². The second kappa shape index (κ2) is 4.22. The van der Waals surface area contributed by atoms with Crippen LogP contribution in [0.3, 0.4) is 0 Å². The van der Waals surface area contributed by atoms with Crippen LogP contribution in [0, 0.1) is 11.6 Å². The second-order valence-electron chi connectivity index (χ2n) is 2.82. The molecule has 1 unspecified atom stereocenters. The number of aliphatic carboxylic acids is 1. The van der Waals surface area contributed by atoms with Crippen LogP contribution in [0.25, 0.3) is 0 Å². The third kappa shape index (κ3) is 2.21. The van der Waals surface area contributed by atoms with Gasteiger partial charge in [0.25, 0.3) is 0 Å². The normalized spacial score (nSPS) is 12.3. The predicted octanol–water partition coefficient (Wildman–Crippen LogP) is 1.06. The van der Waals surface area contributed by atoms with Crippen LogP contribution in [0.1, 0.15) is 11.6 Å². The summed E-state index contributed by atoms with van der Waals surface area (Å²) in [6.45, 7) is 0. The molecule has 82 valence electrons. The van der Waals surface area contributed by atoms with Crippen molar-refractivity contribution in [3.63, 3.8) is 0 Å². The van der Waals surface area contributed by atoms with Gasteiger partial charge in [0.2, 0.25) is 0 Å². The van der Waals surface area contributed by atoms with Crippen molar-refractivity contribution < 1.29 is 23.4 Å². The fourth-order valence-corrected chi connectivity index (χ4v) is 1.10. The van der Waals surface area contributed by atoms with Gasteiger partial charge < -0.3 is 15.6 Å². The summed E-state index contributed by atoms with van der Waals surface area (Å²) in [5, 5.41) is 8.52. The van der Waals surface area contributed by atoms with Crippen LogP contribution in [0.4, 0.5) is 8.78 Å². The molecule has 6 heteroatoms. The quantitative estimate of drug-likeness (QED) is 0.793. The standard InChI is InChI=1S/C9H9F2NO3/c1-15-4-2-5(10)7(6(11)3-4)8(12)9(13)14/h2-3,8H,12H2,1H3,(H,13,14). The number of carboxylic acids is 1. The van der Waals surface area contributed by atoms with Crippen LogP contribution in [0.2, 0.25) is 0 Å². The zero-order chi connectivity index (χ0) is 11.6. The van der Waals surface area contributed by atoms with Gasteiger partial charge in [-0.3, -0.25) is 4.79 Å². The lowest BCUT2D eigenvalue weighted by Crippen LogP contribution is -2.23. The molecule has 0 amide bonds. The van der Waals surface area contributed by atoms with Gasteiger partial charge in [-0.15, -0.1) is 0 Å². The first-order chi connectivity index (χ1) is 6.97. The van der Waals surface area contributed by atoms with Gasteiger partial charge in [-0.1, -0.05) is 0 Å². The van der Waals surface area contributed by atoms with Crippen molar-refractivity contribution in [3.8, 4) is 5.75 Å². The van der Waals surface area contributed by atoms with Gasteiger partial charge in [-0.2, -0.15) is 0 Å². The Morgan fingerprint density at radius 2 is 1.93 bits per heavy atom. The number of hydrogen-bond donors (Lipinski definition) is 2. The van der Waals surface area contributed by atoms with Gasteiger partial charge in [0.1, 0.15) is 23.4 Å². The van der Waals surface area contributed by atoms with Gasteiger partial charge in [-0.05, 0) is 0 Å². The molecule has 0 saturated carbocycles. The lowest BCUT2D eigenvalue weighted by molar-refractivity contribution is -0.138. The molecule has 15 heavy (non-hydrogen) atoms. The SMILES string of the molecule is COc1cc(F)c(C(N)C(=O)O)c(F)c1. The third-order valence-electron chi connectivity index (χ3n) is 1.87. The average Bonchev–Trinajstić information content (AvgIpc) is 2.16. The van der Waals surface area contributed by atoms with Crippen LogP contribution < -0.4 is 10.5 Å². The molecular weight excluding hydrogens is 208 g/mol. The molecule has 0 aliphatic heterocycles. The highest BCUT2D eigenvalue weighted by Gasteiger charge is 2.23. The Morgan fingerprint density at radius 3 is 2.27 bits per heavy atom. The van der Waals surface area contributed by atoms with Crippen molar-refractivity contribution >= 4 is 5.97 Å². The maximum absolute atomic E-state index is 13.2. The summed E-state index contributed by atoms with van der Waals surface area (Å²) < 4.78 is 31.1. The first kappa shape index (κ1) is 11.4. The summed E-state index contributed by atoms with van der Waals surface area (Å²) in [6.07, 6.45) is 0. The number of carbonyl (C=O) groups is 1. The predicted molar refractivity (Wildman–Crippen MR) is 47.5 cm³/mol. The van der Waals surface area contributed by atoms with Gasteiger partial charge >= 0.3 is 5.97 Å². The van der Waals surface area contributed by atoms with Crippen LogP contribution in [-0.2, 0) is 4.79 Å². The fourth-order valence-electron chi connectivity index (χ4n) is 1.10. The highest BCUT2D eigenvalue weighted by molar-refractivity contribution is 5.75. The number of rotatable bonds is 3. The maximum Gasteiger partial charge on any atom is 0.325 e. The summed E-state index contributed by atoms with van der Waals surface area (Å²) in [5.41, 5.74) is 4.43. The van der Waals surface area contributed by atoms with E-state index in [9.17, 15) is 13.6 Å². The van der Waals surface area contributed by atoms with E-state index in [0.29, 0.717) is 0 Å². The van der Waals surface area contributed by atoms with E-state index < -0.39 is 29.2 Å². The van der Waals surface area contributed by atoms with E-state index in [1.54, 1.807) is 0 Å². The summed E-state index contributed by atoms with van der Waals surface area (Å²) in [5.74, 6) is -3.62. The Bertz CT molecular complexity index is 372. The van der Waals surface area contributed by atoms with E-state index in [-0.39, 0.29) is 5.75 Å². The molecule has 4 nitrogen and oxygen atoms in total. The molecule has 0 fully saturated rings. The molecule has 1 aromatic carbocycles. The number of benzene rings is 1. The number of ether oxygens (including phenoxy) is 1. The number of carboxylic acid groups (broad SMARTS) is 1. The summed E-state index contributed by atoms with van der Waals surface area (Å²) in [6, 6.07) is 0.0264. The average molecular weight is 217 g/mol. The molecule has 1 rings (SSSR count). The molecule has 1 atom stereocenters. The molecule has 1 aromatic rings. The van der Waals surface area contributed by atoms with Crippen molar-refractivity contribution in [2.24, 2.45) is 5.73 Å². The van der Waals surface area contributed by atoms with Gasteiger partial charge in [0.15, 0.2) is 0 Å². The van der Waals surface area contributed by atoms with E-state index in [1.807, 2.05) is 0 Å². The minimum Gasteiger partial charge on any atom is -0.497 e. The molecule has 0 aliphatic rings. The van der Waals surface area contributed by atoms with E-state index in [4.69, 9.17) is 10.8 Å². The van der Waals surface area contributed by atoms with Crippen molar-refractivity contribution in [1.82, 2.24) is 0 Å². The molecule has 0 aromatic heterocycles. The third-order valence-corrected chi connectivity index (χ3v) is 1.87. The first-order valence-electron chi connectivity index (χ1n) is 3.98. The van der Waals surface area contributed by atoms with Crippen LogP contribution >= 0.6 is 0 Å². The largest absolute Gasteiger partial charge is 0.497 e. The molecule has 0 heterocycles. The summed E-state index contributed by atoms with van der Waals surface area (Å²) in [7, 11) is 1.24. The smallest absolute Gasteiger partial charge is 0.325 e. The maximum atomic E-state index is 13.2. The molecule has 3 N–H and O–H groups in total. The van der Waals surface area contributed by atoms with Crippen molar-refractivity contribution in [2.75, 3.05) is 7.11 Å². The Balaban J connectivity index is 3.25. The van der Waals surface area contributed by atoms with Crippen molar-refractivity contribution in [3.05, 3.63) is 29.3 Å². The first-order valence-corrected chi connectivity index (χ1v) is 3.98. The molecular formula is C9H9F2NO3. The number of methoxy groups -OCH3 is 1. The van der Waals surface area contributed by atoms with Crippen LogP contribution in [-0.4, -0.2) is 18.2 Å². The lowest BCUT2D eigenvalue weighted by Gasteiger charge is -2.10. The zero-order valence-electron chi connectivity index (χ0n) is 7.83. The summed E-state index contributed by atoms with van der Waals surface area (Å²) in [4.78, 5) is 10.5. The van der Waals surface area contributed by atoms with Crippen LogP contribution in [0.15, 0.2) is 12.1 Å². The monoisotopic (exact) mass is 217 g/mol. The Kier molecular flexibility index (Phi) is 3.21. The molecule has 0 aliphatic carbocycles. The van der Waals surface area contributed by atoms with Crippen molar-refractivity contribution in [1.29, 1.82) is 0 Å². The highest BCUT2D eigenvalue weighted by Crippen LogP contribution is 2.24. The minimum absolute atomic E-state index is 0.0358. The topological polar surface area (TPSA) is 72.5 Å². The fraction of sp³-hybridized carbons (Fsp3) is 0.222. The van der Waals surface area contributed by atoms with E-state index in [1.165, 1.54) is 7.11 Å². The van der Waals surface area contributed by atoms with Gasteiger partial charge in [0.05, 0.1) is 12.7 Å². The molecule has 0 saturated heterocycles. The second-order valence-corrected chi connectivity index (χ2v) is 2.82. The van der Waals surface area contributed by atoms with Gasteiger partial charge in [0, 0.05) is 12.1 Å². The number of hydrogen-bond acceptors (Lipinski definition) is 3. The Hall–Kier alpha value is -1.69. The Labute approximate surface area is 84.3 Å². The lowest BCUT2D eigenvalue weighted by atomic mass is 10.1. The van der Waals surface area contributed by atoms with Crippen molar-refractivity contribution in [2.45, 2.75) is 6.04 Å². The zero-order valence-corrected chi connectivity index (χ0v) is 7.83. The minimum atomic E-state index is -1.73. The van der Waals surface area contributed by atoms with E-state index in [2.05, 4.69) is 4.74 Å². The molecule has 0 bridgehead atoms.